The Balaban J connectivity index is 0.000000184. The molecule has 0 spiro atoms. The van der Waals surface area contributed by atoms with Crippen LogP contribution in [0, 0.1) is 0 Å². The number of aliphatic carboxylic acids is 2. The highest BCUT2D eigenvalue weighted by molar-refractivity contribution is 6.30. The summed E-state index contributed by atoms with van der Waals surface area (Å²) in [6.45, 7) is 0.275. The third-order valence-electron chi connectivity index (χ3n) is 11.0. The van der Waals surface area contributed by atoms with E-state index in [1.165, 1.54) is 7.05 Å². The van der Waals surface area contributed by atoms with Gasteiger partial charge in [0.1, 0.15) is 25.3 Å². The summed E-state index contributed by atoms with van der Waals surface area (Å²) >= 11 is 11.8. The van der Waals surface area contributed by atoms with Gasteiger partial charge in [0.15, 0.2) is 0 Å². The van der Waals surface area contributed by atoms with Crippen molar-refractivity contribution in [2.45, 2.75) is 36.8 Å². The summed E-state index contributed by atoms with van der Waals surface area (Å²) in [6.07, 6.45) is -1.12. The van der Waals surface area contributed by atoms with Crippen LogP contribution in [0.1, 0.15) is 45.2 Å². The average molecular weight is 858 g/mol. The van der Waals surface area contributed by atoms with Crippen molar-refractivity contribution < 1.29 is 38.9 Å². The number of hydrogen-bond acceptors (Lipinski definition) is 6. The largest absolute Gasteiger partial charge is 0.480 e. The number of nitrogens with one attached hydrogen (secondary N) is 1. The van der Waals surface area contributed by atoms with Crippen LogP contribution in [0.25, 0.3) is 22.3 Å². The lowest BCUT2D eigenvalue weighted by molar-refractivity contribution is -0.142. The number of amides is 2. The maximum Gasteiger partial charge on any atom is 0.410 e. The molecular weight excluding hydrogens is 815 g/mol. The molecule has 12 heteroatoms. The van der Waals surface area contributed by atoms with E-state index in [0.29, 0.717) is 10.0 Å². The highest BCUT2D eigenvalue weighted by Crippen LogP contribution is 2.45. The Morgan fingerprint density at radius 1 is 0.557 bits per heavy atom. The van der Waals surface area contributed by atoms with Gasteiger partial charge in [-0.05, 0) is 79.9 Å². The standard InChI is InChI=1S/C25H22ClNO4.C24H20ClNO4/c1-27(23(24(28)29)14-16-10-12-17(26)13-11-16)25(30)31-15-22-20-8-4-2-6-18(20)19-7-3-5-9-21(19)22;25-16-11-9-15(10-12-16)13-22(23(27)28)26-24(29)30-14-21-19-7-3-1-5-17(19)18-6-2-4-8-20(18)21/h2-13,22-23H,14-15H2,1H3,(H,28,29);1-12,21-22H,13-14H2,(H,26,29)(H,27,28)/t23-;22-/m00/s1. The molecule has 0 fully saturated rings. The molecule has 0 aliphatic heterocycles. The van der Waals surface area contributed by atoms with E-state index in [1.54, 1.807) is 48.5 Å². The van der Waals surface area contributed by atoms with E-state index in [9.17, 15) is 29.4 Å². The van der Waals surface area contributed by atoms with Crippen LogP contribution >= 0.6 is 23.2 Å². The minimum Gasteiger partial charge on any atom is -0.480 e. The van der Waals surface area contributed by atoms with Gasteiger partial charge in [0.05, 0.1) is 0 Å². The number of carbonyl (C=O) groups excluding carboxylic acids is 2. The summed E-state index contributed by atoms with van der Waals surface area (Å²) in [5.74, 6) is -2.38. The van der Waals surface area contributed by atoms with E-state index < -0.39 is 36.2 Å². The van der Waals surface area contributed by atoms with Gasteiger partial charge in [0.2, 0.25) is 0 Å². The van der Waals surface area contributed by atoms with Crippen molar-refractivity contribution in [3.05, 3.63) is 189 Å². The van der Waals surface area contributed by atoms with Crippen LogP contribution in [0.4, 0.5) is 9.59 Å². The van der Waals surface area contributed by atoms with Crippen LogP contribution in [0.3, 0.4) is 0 Å². The monoisotopic (exact) mass is 856 g/mol. The predicted octanol–water partition coefficient (Wildman–Crippen LogP) is 10.1. The highest BCUT2D eigenvalue weighted by atomic mass is 35.5. The van der Waals surface area contributed by atoms with Gasteiger partial charge in [0.25, 0.3) is 0 Å². The predicted molar refractivity (Wildman–Crippen MR) is 234 cm³/mol. The SMILES string of the molecule is CN(C(=O)OCC1c2ccccc2-c2ccccc21)[C@@H](Cc1ccc(Cl)cc1)C(=O)O.O=C(N[C@@H](Cc1ccc(Cl)cc1)C(=O)O)OCC1c2ccccc2-c2ccccc21. The van der Waals surface area contributed by atoms with E-state index in [1.807, 2.05) is 72.8 Å². The number of carboxylic acids is 2. The average Bonchev–Trinajstić information content (AvgIpc) is 3.77. The second-order valence-corrected chi connectivity index (χ2v) is 15.7. The number of carboxylic acid groups (broad SMARTS) is 2. The first-order valence-electron chi connectivity index (χ1n) is 19.6. The third kappa shape index (κ3) is 9.89. The molecule has 6 aromatic carbocycles. The summed E-state index contributed by atoms with van der Waals surface area (Å²) < 4.78 is 11.0. The van der Waals surface area contributed by atoms with Gasteiger partial charge in [0, 0.05) is 41.8 Å². The molecule has 0 unspecified atom stereocenters. The molecule has 0 heterocycles. The molecule has 2 aliphatic carbocycles. The smallest absolute Gasteiger partial charge is 0.410 e. The maximum absolute atomic E-state index is 12.7. The van der Waals surface area contributed by atoms with Crippen LogP contribution in [0.15, 0.2) is 146 Å². The zero-order valence-corrected chi connectivity index (χ0v) is 34.6. The Hall–Kier alpha value is -6.62. The number of alkyl carbamates (subject to hydrolysis) is 1. The zero-order valence-electron chi connectivity index (χ0n) is 33.0. The summed E-state index contributed by atoms with van der Waals surface area (Å²) in [6, 6.07) is 43.8. The van der Waals surface area contributed by atoms with Crippen LogP contribution in [0.2, 0.25) is 10.0 Å². The molecule has 2 aliphatic rings. The van der Waals surface area contributed by atoms with Crippen LogP contribution in [-0.2, 0) is 31.9 Å². The normalized spacial score (nSPS) is 13.2. The molecular formula is C49H42Cl2N2O8. The lowest BCUT2D eigenvalue weighted by Crippen LogP contribution is -2.44. The molecule has 8 rings (SSSR count). The lowest BCUT2D eigenvalue weighted by Gasteiger charge is -2.25. The topological polar surface area (TPSA) is 142 Å². The molecule has 0 bridgehead atoms. The number of nitrogens with zero attached hydrogens (tertiary/aromatic N) is 1. The number of likely N-dealkylation sites (N-methyl/N-ethyl adjacent to an activating group) is 1. The van der Waals surface area contributed by atoms with Crippen molar-refractivity contribution >= 4 is 47.3 Å². The van der Waals surface area contributed by atoms with Crippen molar-refractivity contribution in [1.29, 1.82) is 0 Å². The van der Waals surface area contributed by atoms with Crippen LogP contribution in [0.5, 0.6) is 0 Å². The van der Waals surface area contributed by atoms with Crippen LogP contribution in [-0.4, -0.2) is 71.6 Å². The van der Waals surface area contributed by atoms with Crippen LogP contribution < -0.4 is 5.32 Å². The Labute approximate surface area is 363 Å². The first-order valence-corrected chi connectivity index (χ1v) is 20.4. The number of carbonyl (C=O) groups is 4. The minimum atomic E-state index is -1.13. The molecule has 0 aromatic heterocycles. The van der Waals surface area contributed by atoms with Gasteiger partial charge in [-0.2, -0.15) is 0 Å². The van der Waals surface area contributed by atoms with Gasteiger partial charge in [-0.3, -0.25) is 4.90 Å². The summed E-state index contributed by atoms with van der Waals surface area (Å²) in [5, 5.41) is 22.7. The summed E-state index contributed by atoms with van der Waals surface area (Å²) in [4.78, 5) is 49.7. The molecule has 61 heavy (non-hydrogen) atoms. The Bertz CT molecular complexity index is 2460. The zero-order chi connectivity index (χ0) is 43.0. The number of rotatable bonds is 12. The Kier molecular flexibility index (Phi) is 13.4. The lowest BCUT2D eigenvalue weighted by atomic mass is 9.98. The van der Waals surface area contributed by atoms with Crippen molar-refractivity contribution in [2.75, 3.05) is 20.3 Å². The molecule has 0 saturated heterocycles. The van der Waals surface area contributed by atoms with E-state index in [2.05, 4.69) is 29.6 Å². The van der Waals surface area contributed by atoms with E-state index >= 15 is 0 Å². The molecule has 6 aromatic rings. The Morgan fingerprint density at radius 2 is 0.934 bits per heavy atom. The molecule has 2 atom stereocenters. The third-order valence-corrected chi connectivity index (χ3v) is 11.5. The number of fused-ring (bicyclic) bond motifs is 6. The van der Waals surface area contributed by atoms with Crippen molar-refractivity contribution in [1.82, 2.24) is 10.2 Å². The molecule has 0 saturated carbocycles. The van der Waals surface area contributed by atoms with Gasteiger partial charge in [-0.1, -0.05) is 145 Å². The van der Waals surface area contributed by atoms with Gasteiger partial charge < -0.3 is 25.0 Å². The first kappa shape index (κ1) is 42.5. The fourth-order valence-electron chi connectivity index (χ4n) is 7.90. The fourth-order valence-corrected chi connectivity index (χ4v) is 8.15. The van der Waals surface area contributed by atoms with Gasteiger partial charge >= 0.3 is 24.1 Å². The van der Waals surface area contributed by atoms with E-state index in [0.717, 1.165) is 60.5 Å². The van der Waals surface area contributed by atoms with Gasteiger partial charge in [-0.25, -0.2) is 19.2 Å². The number of hydrogen-bond donors (Lipinski definition) is 3. The Morgan fingerprint density at radius 3 is 1.33 bits per heavy atom. The maximum atomic E-state index is 12.7. The van der Waals surface area contributed by atoms with Crippen molar-refractivity contribution in [3.63, 3.8) is 0 Å². The second-order valence-electron chi connectivity index (χ2n) is 14.8. The second kappa shape index (κ2) is 19.2. The number of benzene rings is 6. The summed E-state index contributed by atoms with van der Waals surface area (Å²) in [7, 11) is 1.45. The van der Waals surface area contributed by atoms with Crippen molar-refractivity contribution in [3.8, 4) is 22.3 Å². The molecule has 310 valence electrons. The number of halogens is 2. The van der Waals surface area contributed by atoms with Gasteiger partial charge in [-0.15, -0.1) is 0 Å². The number of ether oxygens (including phenoxy) is 2. The molecule has 2 amide bonds. The molecule has 0 radical (unpaired) electrons. The fraction of sp³-hybridized carbons (Fsp3) is 0.184. The highest BCUT2D eigenvalue weighted by Gasteiger charge is 2.33. The summed E-state index contributed by atoms with van der Waals surface area (Å²) in [5.41, 5.74) is 10.5. The molecule has 3 N–H and O–H groups in total. The van der Waals surface area contributed by atoms with E-state index in [4.69, 9.17) is 32.7 Å². The molecule has 10 nitrogen and oxygen atoms in total. The first-order chi connectivity index (χ1) is 29.5. The minimum absolute atomic E-state index is 0.0794. The quantitative estimate of drug-likeness (QED) is 0.110. The van der Waals surface area contributed by atoms with Crippen molar-refractivity contribution in [2.24, 2.45) is 0 Å². The van der Waals surface area contributed by atoms with E-state index in [-0.39, 0.29) is 37.9 Å².